The molecule has 1 aromatic carbocycles. The van der Waals surface area contributed by atoms with Crippen LogP contribution in [0.5, 0.6) is 0 Å². The van der Waals surface area contributed by atoms with Crippen molar-refractivity contribution in [2.24, 2.45) is 5.73 Å². The van der Waals surface area contributed by atoms with Crippen LogP contribution in [-0.4, -0.2) is 15.6 Å². The van der Waals surface area contributed by atoms with Crippen molar-refractivity contribution in [2.45, 2.75) is 25.9 Å². The first-order valence-electron chi connectivity index (χ1n) is 5.98. The molecule has 0 bridgehead atoms. The number of nitrogens with two attached hydrogens (primary N) is 1. The molecule has 94 valence electrons. The number of aromatic nitrogens is 2. The van der Waals surface area contributed by atoms with E-state index in [9.17, 15) is 4.79 Å². The van der Waals surface area contributed by atoms with E-state index >= 15 is 0 Å². The summed E-state index contributed by atoms with van der Waals surface area (Å²) in [5.74, 6) is -0.118. The maximum absolute atomic E-state index is 12.5. The zero-order chi connectivity index (χ0) is 13.2. The molecule has 18 heavy (non-hydrogen) atoms. The van der Waals surface area contributed by atoms with E-state index in [1.807, 2.05) is 37.3 Å². The lowest BCUT2D eigenvalue weighted by molar-refractivity contribution is 0.0888. The molecule has 1 unspecified atom stereocenters. The predicted molar refractivity (Wildman–Crippen MR) is 70.2 cm³/mol. The van der Waals surface area contributed by atoms with Crippen LogP contribution in [0.2, 0.25) is 0 Å². The minimum atomic E-state index is -1.03. The zero-order valence-corrected chi connectivity index (χ0v) is 10.6. The third-order valence-corrected chi connectivity index (χ3v) is 3.09. The second-order valence-corrected chi connectivity index (χ2v) is 4.43. The van der Waals surface area contributed by atoms with Crippen molar-refractivity contribution in [2.75, 3.05) is 0 Å². The molecule has 0 saturated heterocycles. The van der Waals surface area contributed by atoms with E-state index in [2.05, 4.69) is 5.10 Å². The van der Waals surface area contributed by atoms with Crippen molar-refractivity contribution in [3.05, 3.63) is 53.9 Å². The van der Waals surface area contributed by atoms with Crippen LogP contribution in [0.3, 0.4) is 0 Å². The lowest BCUT2D eigenvalue weighted by Gasteiger charge is -2.23. The van der Waals surface area contributed by atoms with Crippen LogP contribution in [0.1, 0.15) is 29.9 Å². The second-order valence-electron chi connectivity index (χ2n) is 4.43. The monoisotopic (exact) mass is 243 g/mol. The van der Waals surface area contributed by atoms with Crippen LogP contribution >= 0.6 is 0 Å². The number of aryl methyl sites for hydroxylation is 1. The molecule has 0 spiro atoms. The van der Waals surface area contributed by atoms with E-state index in [1.54, 1.807) is 23.9 Å². The summed E-state index contributed by atoms with van der Waals surface area (Å²) in [6, 6.07) is 11.1. The highest BCUT2D eigenvalue weighted by molar-refractivity contribution is 6.02. The Kier molecular flexibility index (Phi) is 3.30. The number of Topliss-reactive ketones (excluding diaryl/α,β-unsaturated/α-hetero) is 1. The van der Waals surface area contributed by atoms with Gasteiger partial charge in [-0.25, -0.2) is 0 Å². The molecule has 0 radical (unpaired) electrons. The lowest BCUT2D eigenvalue weighted by atomic mass is 9.87. The van der Waals surface area contributed by atoms with Gasteiger partial charge in [-0.3, -0.25) is 9.48 Å². The Labute approximate surface area is 106 Å². The first-order chi connectivity index (χ1) is 8.57. The van der Waals surface area contributed by atoms with E-state index in [0.29, 0.717) is 12.2 Å². The molecular weight excluding hydrogens is 226 g/mol. The average Bonchev–Trinajstić information content (AvgIpc) is 2.87. The van der Waals surface area contributed by atoms with Gasteiger partial charge in [0.15, 0.2) is 0 Å². The van der Waals surface area contributed by atoms with Gasteiger partial charge in [-0.2, -0.15) is 5.10 Å². The fraction of sp³-hybridized carbons (Fsp3) is 0.286. The number of benzene rings is 1. The minimum absolute atomic E-state index is 0.118. The van der Waals surface area contributed by atoms with Gasteiger partial charge in [-0.15, -0.1) is 0 Å². The Balaban J connectivity index is 2.39. The van der Waals surface area contributed by atoms with Crippen LogP contribution in [0.15, 0.2) is 42.6 Å². The first-order valence-corrected chi connectivity index (χ1v) is 5.98. The summed E-state index contributed by atoms with van der Waals surface area (Å²) in [7, 11) is 0. The van der Waals surface area contributed by atoms with Crippen molar-refractivity contribution in [3.8, 4) is 0 Å². The standard InChI is InChI=1S/C14H17N3O/c1-3-17-12(9-10-16-17)13(18)14(2,15)11-7-5-4-6-8-11/h4-10H,3,15H2,1-2H3. The van der Waals surface area contributed by atoms with Gasteiger partial charge in [0.2, 0.25) is 5.78 Å². The molecule has 1 atom stereocenters. The number of hydrogen-bond donors (Lipinski definition) is 1. The molecule has 0 aliphatic carbocycles. The van der Waals surface area contributed by atoms with Crippen LogP contribution in [0, 0.1) is 0 Å². The first kappa shape index (κ1) is 12.5. The molecule has 1 aromatic heterocycles. The molecule has 4 heteroatoms. The van der Waals surface area contributed by atoms with Crippen molar-refractivity contribution >= 4 is 5.78 Å². The Hall–Kier alpha value is -1.94. The average molecular weight is 243 g/mol. The summed E-state index contributed by atoms with van der Waals surface area (Å²) in [5, 5.41) is 4.10. The van der Waals surface area contributed by atoms with Crippen LogP contribution in [0.25, 0.3) is 0 Å². The van der Waals surface area contributed by atoms with Crippen LogP contribution in [-0.2, 0) is 12.1 Å². The van der Waals surface area contributed by atoms with Gasteiger partial charge in [0.05, 0.1) is 0 Å². The molecule has 1 heterocycles. The van der Waals surface area contributed by atoms with Gasteiger partial charge >= 0.3 is 0 Å². The van der Waals surface area contributed by atoms with E-state index < -0.39 is 5.54 Å². The van der Waals surface area contributed by atoms with E-state index in [4.69, 9.17) is 5.73 Å². The zero-order valence-electron chi connectivity index (χ0n) is 10.6. The highest BCUT2D eigenvalue weighted by Crippen LogP contribution is 2.22. The summed E-state index contributed by atoms with van der Waals surface area (Å²) in [6.07, 6.45) is 1.62. The number of nitrogens with zero attached hydrogens (tertiary/aromatic N) is 2. The smallest absolute Gasteiger partial charge is 0.204 e. The molecule has 2 aromatic rings. The molecule has 0 saturated carbocycles. The number of rotatable bonds is 4. The van der Waals surface area contributed by atoms with Crippen molar-refractivity contribution in [1.82, 2.24) is 9.78 Å². The summed E-state index contributed by atoms with van der Waals surface area (Å²) < 4.78 is 1.66. The van der Waals surface area contributed by atoms with Crippen molar-refractivity contribution in [1.29, 1.82) is 0 Å². The maximum Gasteiger partial charge on any atom is 0.204 e. The van der Waals surface area contributed by atoms with Gasteiger partial charge < -0.3 is 5.73 Å². The van der Waals surface area contributed by atoms with Crippen molar-refractivity contribution in [3.63, 3.8) is 0 Å². The Morgan fingerprint density at radius 1 is 1.33 bits per heavy atom. The molecule has 0 aliphatic heterocycles. The third-order valence-electron chi connectivity index (χ3n) is 3.09. The SMILES string of the molecule is CCn1nccc1C(=O)C(C)(N)c1ccccc1. The molecular formula is C14H17N3O. The summed E-state index contributed by atoms with van der Waals surface area (Å²) in [5.41, 5.74) is 6.52. The Bertz CT molecular complexity index is 543. The normalized spacial score (nSPS) is 14.2. The highest BCUT2D eigenvalue weighted by atomic mass is 16.1. The van der Waals surface area contributed by atoms with Gasteiger partial charge in [0, 0.05) is 12.7 Å². The second kappa shape index (κ2) is 4.74. The van der Waals surface area contributed by atoms with Crippen LogP contribution in [0.4, 0.5) is 0 Å². The molecule has 2 rings (SSSR count). The number of ketones is 1. The predicted octanol–water partition coefficient (Wildman–Crippen LogP) is 1.96. The largest absolute Gasteiger partial charge is 0.315 e. The molecule has 0 fully saturated rings. The number of hydrogen-bond acceptors (Lipinski definition) is 3. The Morgan fingerprint density at radius 2 is 2.00 bits per heavy atom. The topological polar surface area (TPSA) is 60.9 Å². The third kappa shape index (κ3) is 2.07. The minimum Gasteiger partial charge on any atom is -0.315 e. The maximum atomic E-state index is 12.5. The number of carbonyl (C=O) groups is 1. The van der Waals surface area contributed by atoms with E-state index in [-0.39, 0.29) is 5.78 Å². The summed E-state index contributed by atoms with van der Waals surface area (Å²) in [4.78, 5) is 12.5. The van der Waals surface area contributed by atoms with Crippen molar-refractivity contribution < 1.29 is 4.79 Å². The quantitative estimate of drug-likeness (QED) is 0.835. The lowest BCUT2D eigenvalue weighted by Crippen LogP contribution is -2.42. The van der Waals surface area contributed by atoms with Crippen LogP contribution < -0.4 is 5.73 Å². The summed E-state index contributed by atoms with van der Waals surface area (Å²) in [6.45, 7) is 4.33. The highest BCUT2D eigenvalue weighted by Gasteiger charge is 2.33. The van der Waals surface area contributed by atoms with Gasteiger partial charge in [-0.1, -0.05) is 30.3 Å². The molecule has 2 N–H and O–H groups in total. The molecule has 0 aliphatic rings. The van der Waals surface area contributed by atoms with Gasteiger partial charge in [0.25, 0.3) is 0 Å². The summed E-state index contributed by atoms with van der Waals surface area (Å²) >= 11 is 0. The Morgan fingerprint density at radius 3 is 2.61 bits per heavy atom. The van der Waals surface area contributed by atoms with E-state index in [0.717, 1.165) is 5.56 Å². The molecule has 0 amide bonds. The fourth-order valence-electron chi connectivity index (χ4n) is 1.96. The number of carbonyl (C=O) groups excluding carboxylic acids is 1. The van der Waals surface area contributed by atoms with Gasteiger partial charge in [0.1, 0.15) is 11.2 Å². The van der Waals surface area contributed by atoms with E-state index in [1.165, 1.54) is 0 Å². The molecule has 4 nitrogen and oxygen atoms in total. The van der Waals surface area contributed by atoms with Gasteiger partial charge in [-0.05, 0) is 25.5 Å². The fourth-order valence-corrected chi connectivity index (χ4v) is 1.96.